The lowest BCUT2D eigenvalue weighted by atomic mass is 10.0. The summed E-state index contributed by atoms with van der Waals surface area (Å²) in [5.41, 5.74) is 0.650. The molecule has 0 heterocycles. The summed E-state index contributed by atoms with van der Waals surface area (Å²) < 4.78 is 26.9. The average Bonchev–Trinajstić information content (AvgIpc) is 2.34. The third-order valence-electron chi connectivity index (χ3n) is 2.34. The molecule has 0 aliphatic carbocycles. The highest BCUT2D eigenvalue weighted by Crippen LogP contribution is 2.32. The fourth-order valence-electron chi connectivity index (χ4n) is 1.51. The van der Waals surface area contributed by atoms with E-state index in [9.17, 15) is 8.78 Å². The molecule has 0 N–H and O–H groups in total. The zero-order chi connectivity index (χ0) is 12.4. The van der Waals surface area contributed by atoms with Gasteiger partial charge in [0.25, 0.3) is 0 Å². The summed E-state index contributed by atoms with van der Waals surface area (Å²) in [6, 6.07) is 9.89. The minimum atomic E-state index is -0.620. The molecule has 0 aromatic heterocycles. The Hall–Kier alpha value is -1.92. The molecule has 2 aromatic carbocycles. The Morgan fingerprint density at radius 1 is 1.00 bits per heavy atom. The first-order valence-electron chi connectivity index (χ1n) is 4.77. The summed E-state index contributed by atoms with van der Waals surface area (Å²) in [7, 11) is 0. The van der Waals surface area contributed by atoms with Crippen molar-refractivity contribution in [1.29, 1.82) is 5.26 Å². The summed E-state index contributed by atoms with van der Waals surface area (Å²) in [5, 5.41) is 8.59. The molecule has 0 fully saturated rings. The SMILES string of the molecule is N#Cc1ccc(F)c(-c2cccc(F)c2Cl)c1. The van der Waals surface area contributed by atoms with E-state index in [2.05, 4.69) is 0 Å². The zero-order valence-electron chi connectivity index (χ0n) is 8.55. The second-order valence-corrected chi connectivity index (χ2v) is 3.79. The summed E-state index contributed by atoms with van der Waals surface area (Å²) >= 11 is 5.77. The topological polar surface area (TPSA) is 23.8 Å². The van der Waals surface area contributed by atoms with Crippen LogP contribution in [0.2, 0.25) is 5.02 Å². The van der Waals surface area contributed by atoms with Gasteiger partial charge in [-0.2, -0.15) is 5.26 Å². The Labute approximate surface area is 102 Å². The predicted molar refractivity (Wildman–Crippen MR) is 61.5 cm³/mol. The van der Waals surface area contributed by atoms with Crippen LogP contribution in [0.15, 0.2) is 36.4 Å². The fraction of sp³-hybridized carbons (Fsp3) is 0. The van der Waals surface area contributed by atoms with Crippen molar-refractivity contribution in [3.8, 4) is 17.2 Å². The van der Waals surface area contributed by atoms with Crippen molar-refractivity contribution < 1.29 is 8.78 Å². The van der Waals surface area contributed by atoms with Crippen molar-refractivity contribution in [2.24, 2.45) is 0 Å². The van der Waals surface area contributed by atoms with Crippen LogP contribution in [0, 0.1) is 23.0 Å². The van der Waals surface area contributed by atoms with Gasteiger partial charge in [0, 0.05) is 11.1 Å². The fourth-order valence-corrected chi connectivity index (χ4v) is 1.74. The number of nitrogens with zero attached hydrogens (tertiary/aromatic N) is 1. The van der Waals surface area contributed by atoms with Crippen molar-refractivity contribution >= 4 is 11.6 Å². The molecule has 2 aromatic rings. The minimum Gasteiger partial charge on any atom is -0.206 e. The van der Waals surface area contributed by atoms with E-state index in [0.717, 1.165) is 6.07 Å². The van der Waals surface area contributed by atoms with Crippen molar-refractivity contribution in [3.05, 3.63) is 58.6 Å². The van der Waals surface area contributed by atoms with Gasteiger partial charge in [-0.05, 0) is 24.3 Å². The van der Waals surface area contributed by atoms with Crippen molar-refractivity contribution in [3.63, 3.8) is 0 Å². The van der Waals surface area contributed by atoms with Gasteiger partial charge in [0.15, 0.2) is 0 Å². The quantitative estimate of drug-likeness (QED) is 0.745. The molecule has 0 bridgehead atoms. The smallest absolute Gasteiger partial charge is 0.142 e. The normalized spacial score (nSPS) is 10.0. The van der Waals surface area contributed by atoms with Crippen LogP contribution in [0.3, 0.4) is 0 Å². The molecule has 0 spiro atoms. The molecule has 0 atom stereocenters. The van der Waals surface area contributed by atoms with Gasteiger partial charge < -0.3 is 0 Å². The Morgan fingerprint density at radius 3 is 2.47 bits per heavy atom. The highest BCUT2D eigenvalue weighted by atomic mass is 35.5. The largest absolute Gasteiger partial charge is 0.206 e. The lowest BCUT2D eigenvalue weighted by Crippen LogP contribution is -1.89. The van der Waals surface area contributed by atoms with E-state index in [0.29, 0.717) is 5.56 Å². The van der Waals surface area contributed by atoms with Crippen LogP contribution in [0.1, 0.15) is 5.56 Å². The molecular weight excluding hydrogens is 244 g/mol. The van der Waals surface area contributed by atoms with Gasteiger partial charge in [-0.25, -0.2) is 8.78 Å². The first-order chi connectivity index (χ1) is 8.13. The van der Waals surface area contributed by atoms with Gasteiger partial charge in [-0.1, -0.05) is 23.7 Å². The first-order valence-corrected chi connectivity index (χ1v) is 5.15. The number of benzene rings is 2. The molecule has 84 valence electrons. The van der Waals surface area contributed by atoms with Crippen LogP contribution in [-0.4, -0.2) is 0 Å². The van der Waals surface area contributed by atoms with Crippen molar-refractivity contribution in [1.82, 2.24) is 0 Å². The van der Waals surface area contributed by atoms with Crippen molar-refractivity contribution in [2.45, 2.75) is 0 Å². The van der Waals surface area contributed by atoms with Crippen LogP contribution >= 0.6 is 11.6 Å². The highest BCUT2D eigenvalue weighted by Gasteiger charge is 2.12. The van der Waals surface area contributed by atoms with E-state index in [4.69, 9.17) is 16.9 Å². The van der Waals surface area contributed by atoms with Gasteiger partial charge >= 0.3 is 0 Å². The van der Waals surface area contributed by atoms with Gasteiger partial charge in [0.1, 0.15) is 11.6 Å². The number of hydrogen-bond donors (Lipinski definition) is 0. The second-order valence-electron chi connectivity index (χ2n) is 3.41. The number of halogens is 3. The van der Waals surface area contributed by atoms with E-state index >= 15 is 0 Å². The molecule has 0 saturated carbocycles. The maximum Gasteiger partial charge on any atom is 0.142 e. The van der Waals surface area contributed by atoms with Gasteiger partial charge in [-0.15, -0.1) is 0 Å². The highest BCUT2D eigenvalue weighted by molar-refractivity contribution is 6.33. The Morgan fingerprint density at radius 2 is 1.76 bits per heavy atom. The maximum absolute atomic E-state index is 13.6. The monoisotopic (exact) mass is 249 g/mol. The predicted octanol–water partition coefficient (Wildman–Crippen LogP) is 4.16. The third-order valence-corrected chi connectivity index (χ3v) is 2.72. The number of nitriles is 1. The molecule has 0 aliphatic rings. The third kappa shape index (κ3) is 2.13. The van der Waals surface area contributed by atoms with E-state index < -0.39 is 11.6 Å². The van der Waals surface area contributed by atoms with Crippen LogP contribution in [0.4, 0.5) is 8.78 Å². The average molecular weight is 250 g/mol. The van der Waals surface area contributed by atoms with Gasteiger partial charge in [0.05, 0.1) is 16.7 Å². The Kier molecular flexibility index (Phi) is 3.08. The summed E-state index contributed by atoms with van der Waals surface area (Å²) in [6.07, 6.45) is 0. The van der Waals surface area contributed by atoms with E-state index in [-0.39, 0.29) is 16.1 Å². The maximum atomic E-state index is 13.6. The Bertz CT molecular complexity index is 617. The van der Waals surface area contributed by atoms with Crippen molar-refractivity contribution in [2.75, 3.05) is 0 Å². The van der Waals surface area contributed by atoms with Gasteiger partial charge in [0.2, 0.25) is 0 Å². The summed E-state index contributed by atoms with van der Waals surface area (Å²) in [5.74, 6) is -1.16. The molecule has 0 aliphatic heterocycles. The zero-order valence-corrected chi connectivity index (χ0v) is 9.30. The first kappa shape index (κ1) is 11.6. The number of hydrogen-bond acceptors (Lipinski definition) is 1. The number of rotatable bonds is 1. The molecule has 4 heteroatoms. The van der Waals surface area contributed by atoms with Crippen LogP contribution in [-0.2, 0) is 0 Å². The minimum absolute atomic E-state index is 0.119. The Balaban J connectivity index is 2.68. The molecule has 0 radical (unpaired) electrons. The summed E-state index contributed by atoms with van der Waals surface area (Å²) in [6.45, 7) is 0. The second kappa shape index (κ2) is 4.52. The van der Waals surface area contributed by atoms with E-state index in [1.807, 2.05) is 6.07 Å². The molecule has 17 heavy (non-hydrogen) atoms. The summed E-state index contributed by atoms with van der Waals surface area (Å²) in [4.78, 5) is 0. The van der Waals surface area contributed by atoms with E-state index in [1.165, 1.54) is 30.3 Å². The van der Waals surface area contributed by atoms with Crippen LogP contribution in [0.5, 0.6) is 0 Å². The molecule has 0 unspecified atom stereocenters. The van der Waals surface area contributed by atoms with Crippen LogP contribution < -0.4 is 0 Å². The van der Waals surface area contributed by atoms with Crippen LogP contribution in [0.25, 0.3) is 11.1 Å². The lowest BCUT2D eigenvalue weighted by molar-refractivity contribution is 0.625. The van der Waals surface area contributed by atoms with E-state index in [1.54, 1.807) is 0 Å². The lowest BCUT2D eigenvalue weighted by Gasteiger charge is -2.06. The molecular formula is C13H6ClF2N. The molecule has 1 nitrogen and oxygen atoms in total. The standard InChI is InChI=1S/C13H6ClF2N/c14-13-9(2-1-3-12(13)16)10-6-8(7-17)4-5-11(10)15/h1-6H. The molecule has 0 amide bonds. The molecule has 0 saturated heterocycles. The van der Waals surface area contributed by atoms with Gasteiger partial charge in [-0.3, -0.25) is 0 Å². The molecule has 2 rings (SSSR count).